The van der Waals surface area contributed by atoms with E-state index in [9.17, 15) is 0 Å². The molecular formula is C13H13ClS. The first-order valence-corrected chi connectivity index (χ1v) is 6.22. The lowest BCUT2D eigenvalue weighted by atomic mass is 10.1. The predicted molar refractivity (Wildman–Crippen MR) is 68.9 cm³/mol. The molecule has 0 unspecified atom stereocenters. The molecule has 0 aliphatic carbocycles. The highest BCUT2D eigenvalue weighted by molar-refractivity contribution is 7.15. The van der Waals surface area contributed by atoms with E-state index in [4.69, 9.17) is 11.6 Å². The van der Waals surface area contributed by atoms with Crippen molar-refractivity contribution in [3.8, 4) is 10.4 Å². The molecule has 78 valence electrons. The van der Waals surface area contributed by atoms with E-state index in [1.807, 2.05) is 29.5 Å². The first kappa shape index (κ1) is 10.7. The molecule has 0 aliphatic rings. The highest BCUT2D eigenvalue weighted by atomic mass is 35.5. The van der Waals surface area contributed by atoms with Crippen LogP contribution in [0.25, 0.3) is 10.4 Å². The molecule has 0 saturated carbocycles. The summed E-state index contributed by atoms with van der Waals surface area (Å²) < 4.78 is 0. The Morgan fingerprint density at radius 3 is 2.53 bits per heavy atom. The van der Waals surface area contributed by atoms with E-state index in [2.05, 4.69) is 32.0 Å². The number of thiophene rings is 1. The average Bonchev–Trinajstić information content (AvgIpc) is 2.66. The van der Waals surface area contributed by atoms with Gasteiger partial charge in [0.05, 0.1) is 0 Å². The molecule has 1 aromatic carbocycles. The molecule has 0 fully saturated rings. The van der Waals surface area contributed by atoms with E-state index >= 15 is 0 Å². The van der Waals surface area contributed by atoms with Gasteiger partial charge in [0.15, 0.2) is 0 Å². The van der Waals surface area contributed by atoms with Crippen LogP contribution in [0.1, 0.15) is 24.6 Å². The van der Waals surface area contributed by atoms with Crippen LogP contribution in [0.3, 0.4) is 0 Å². The van der Waals surface area contributed by atoms with Gasteiger partial charge in [-0.2, -0.15) is 0 Å². The number of hydrogen-bond acceptors (Lipinski definition) is 1. The van der Waals surface area contributed by atoms with Gasteiger partial charge < -0.3 is 0 Å². The summed E-state index contributed by atoms with van der Waals surface area (Å²) in [6.45, 7) is 4.43. The fourth-order valence-electron chi connectivity index (χ4n) is 1.46. The van der Waals surface area contributed by atoms with Crippen LogP contribution in [0.15, 0.2) is 36.4 Å². The molecule has 0 bridgehead atoms. The summed E-state index contributed by atoms with van der Waals surface area (Å²) in [7, 11) is 0. The number of benzene rings is 1. The Bertz CT molecular complexity index is 457. The summed E-state index contributed by atoms with van der Waals surface area (Å²) in [6, 6.07) is 12.4. The number of hydrogen-bond donors (Lipinski definition) is 0. The van der Waals surface area contributed by atoms with E-state index in [1.165, 1.54) is 15.3 Å². The lowest BCUT2D eigenvalue weighted by Gasteiger charge is -1.99. The molecule has 0 nitrogen and oxygen atoms in total. The van der Waals surface area contributed by atoms with E-state index in [1.54, 1.807) is 0 Å². The van der Waals surface area contributed by atoms with E-state index in [0.717, 1.165) is 5.02 Å². The number of rotatable bonds is 2. The maximum absolute atomic E-state index is 5.97. The molecule has 2 heteroatoms. The highest BCUT2D eigenvalue weighted by Crippen LogP contribution is 2.32. The zero-order valence-electron chi connectivity index (χ0n) is 8.83. The molecule has 2 rings (SSSR count). The second kappa shape index (κ2) is 4.38. The van der Waals surface area contributed by atoms with Crippen molar-refractivity contribution in [3.05, 3.63) is 46.3 Å². The monoisotopic (exact) mass is 236 g/mol. The maximum atomic E-state index is 5.97. The minimum atomic E-state index is 0.600. The fraction of sp³-hybridized carbons (Fsp3) is 0.231. The van der Waals surface area contributed by atoms with Crippen LogP contribution in [-0.4, -0.2) is 0 Å². The van der Waals surface area contributed by atoms with Gasteiger partial charge in [-0.05, 0) is 35.7 Å². The molecule has 0 atom stereocenters. The zero-order valence-corrected chi connectivity index (χ0v) is 10.4. The first-order chi connectivity index (χ1) is 7.16. The van der Waals surface area contributed by atoms with Crippen molar-refractivity contribution in [3.63, 3.8) is 0 Å². The van der Waals surface area contributed by atoms with Crippen LogP contribution in [-0.2, 0) is 0 Å². The van der Waals surface area contributed by atoms with Crippen LogP contribution < -0.4 is 0 Å². The first-order valence-electron chi connectivity index (χ1n) is 5.02. The quantitative estimate of drug-likeness (QED) is 0.673. The van der Waals surface area contributed by atoms with Gasteiger partial charge in [-0.25, -0.2) is 0 Å². The molecule has 0 saturated heterocycles. The summed E-state index contributed by atoms with van der Waals surface area (Å²) in [4.78, 5) is 2.71. The topological polar surface area (TPSA) is 0 Å². The molecular weight excluding hydrogens is 224 g/mol. The molecule has 15 heavy (non-hydrogen) atoms. The minimum absolute atomic E-state index is 0.600. The van der Waals surface area contributed by atoms with Gasteiger partial charge in [-0.1, -0.05) is 37.6 Å². The molecule has 0 aliphatic heterocycles. The van der Waals surface area contributed by atoms with Gasteiger partial charge in [0.1, 0.15) is 0 Å². The molecule has 0 amide bonds. The van der Waals surface area contributed by atoms with Gasteiger partial charge in [0, 0.05) is 14.8 Å². The Morgan fingerprint density at radius 2 is 1.93 bits per heavy atom. The van der Waals surface area contributed by atoms with Gasteiger partial charge in [-0.3, -0.25) is 0 Å². The number of halogens is 1. The molecule has 2 aromatic rings. The van der Waals surface area contributed by atoms with E-state index in [0.29, 0.717) is 5.92 Å². The van der Waals surface area contributed by atoms with Crippen molar-refractivity contribution >= 4 is 22.9 Å². The third kappa shape index (κ3) is 2.42. The van der Waals surface area contributed by atoms with Crippen molar-refractivity contribution in [1.29, 1.82) is 0 Å². The Kier molecular flexibility index (Phi) is 3.13. The maximum Gasteiger partial charge on any atom is 0.0412 e. The van der Waals surface area contributed by atoms with Crippen LogP contribution in [0.5, 0.6) is 0 Å². The van der Waals surface area contributed by atoms with Crippen molar-refractivity contribution < 1.29 is 0 Å². The summed E-state index contributed by atoms with van der Waals surface area (Å²) >= 11 is 7.81. The van der Waals surface area contributed by atoms with Gasteiger partial charge in [0.25, 0.3) is 0 Å². The smallest absolute Gasteiger partial charge is 0.0412 e. The summed E-state index contributed by atoms with van der Waals surface area (Å²) in [5.74, 6) is 0.600. The van der Waals surface area contributed by atoms with E-state index < -0.39 is 0 Å². The molecule has 0 spiro atoms. The summed E-state index contributed by atoms with van der Waals surface area (Å²) in [5, 5.41) is 0.798. The van der Waals surface area contributed by atoms with E-state index in [-0.39, 0.29) is 0 Å². The fourth-order valence-corrected chi connectivity index (χ4v) is 2.66. The second-order valence-corrected chi connectivity index (χ2v) is 5.42. The Labute approximate surface area is 99.5 Å². The normalized spacial score (nSPS) is 10.9. The Morgan fingerprint density at radius 1 is 1.13 bits per heavy atom. The van der Waals surface area contributed by atoms with Crippen molar-refractivity contribution in [2.75, 3.05) is 0 Å². The average molecular weight is 237 g/mol. The van der Waals surface area contributed by atoms with Crippen molar-refractivity contribution in [2.24, 2.45) is 0 Å². The van der Waals surface area contributed by atoms with Crippen LogP contribution in [0.4, 0.5) is 0 Å². The summed E-state index contributed by atoms with van der Waals surface area (Å²) in [6.07, 6.45) is 0. The van der Waals surface area contributed by atoms with Gasteiger partial charge in [-0.15, -0.1) is 11.3 Å². The summed E-state index contributed by atoms with van der Waals surface area (Å²) in [5.41, 5.74) is 1.21. The Balaban J connectivity index is 2.37. The molecule has 0 radical (unpaired) electrons. The van der Waals surface area contributed by atoms with Crippen molar-refractivity contribution in [1.82, 2.24) is 0 Å². The largest absolute Gasteiger partial charge is 0.140 e. The second-order valence-electron chi connectivity index (χ2n) is 3.87. The van der Waals surface area contributed by atoms with Gasteiger partial charge in [0.2, 0.25) is 0 Å². The van der Waals surface area contributed by atoms with Gasteiger partial charge >= 0.3 is 0 Å². The third-order valence-electron chi connectivity index (χ3n) is 2.30. The third-order valence-corrected chi connectivity index (χ3v) is 3.97. The molecule has 1 heterocycles. The van der Waals surface area contributed by atoms with Crippen LogP contribution in [0, 0.1) is 0 Å². The van der Waals surface area contributed by atoms with Crippen LogP contribution >= 0.6 is 22.9 Å². The highest BCUT2D eigenvalue weighted by Gasteiger charge is 2.05. The molecule has 0 N–H and O–H groups in total. The lowest BCUT2D eigenvalue weighted by Crippen LogP contribution is -1.77. The zero-order chi connectivity index (χ0) is 10.8. The predicted octanol–water partition coefficient (Wildman–Crippen LogP) is 5.19. The van der Waals surface area contributed by atoms with Crippen LogP contribution in [0.2, 0.25) is 5.02 Å². The van der Waals surface area contributed by atoms with Crippen molar-refractivity contribution in [2.45, 2.75) is 19.8 Å². The molecule has 1 aromatic heterocycles. The lowest BCUT2D eigenvalue weighted by molar-refractivity contribution is 0.890. The minimum Gasteiger partial charge on any atom is -0.140 e. The Hall–Kier alpha value is -0.790. The SMILES string of the molecule is CC(C)c1ccc(-c2cccc(Cl)c2)s1. The standard InChI is InChI=1S/C13H13ClS/c1-9(2)12-6-7-13(15-12)10-4-3-5-11(14)8-10/h3-9H,1-2H3.